The normalized spacial score (nSPS) is 25.4. The molecule has 0 bridgehead atoms. The Balaban J connectivity index is 1.71. The lowest BCUT2D eigenvalue weighted by molar-refractivity contribution is 0.0719. The smallest absolute Gasteiger partial charge is 0.254 e. The summed E-state index contributed by atoms with van der Waals surface area (Å²) in [7, 11) is 1.89. The molecule has 0 spiro atoms. The molecule has 4 rings (SSSR count). The van der Waals surface area contributed by atoms with Gasteiger partial charge < -0.3 is 10.6 Å². The zero-order valence-electron chi connectivity index (χ0n) is 15.0. The Morgan fingerprint density at radius 2 is 2.20 bits per heavy atom. The summed E-state index contributed by atoms with van der Waals surface area (Å²) >= 11 is 0. The summed E-state index contributed by atoms with van der Waals surface area (Å²) in [6.45, 7) is 3.44. The van der Waals surface area contributed by atoms with Crippen molar-refractivity contribution < 1.29 is 4.79 Å². The van der Waals surface area contributed by atoms with Gasteiger partial charge in [0.25, 0.3) is 5.91 Å². The number of likely N-dealkylation sites (tertiary alicyclic amines) is 1. The van der Waals surface area contributed by atoms with Crippen LogP contribution in [0.2, 0.25) is 0 Å². The van der Waals surface area contributed by atoms with Crippen LogP contribution >= 0.6 is 0 Å². The van der Waals surface area contributed by atoms with Crippen molar-refractivity contribution in [2.45, 2.75) is 32.2 Å². The summed E-state index contributed by atoms with van der Waals surface area (Å²) in [5.41, 5.74) is 9.87. The van der Waals surface area contributed by atoms with Crippen molar-refractivity contribution in [1.29, 1.82) is 0 Å². The van der Waals surface area contributed by atoms with Crippen molar-refractivity contribution in [3.05, 3.63) is 41.7 Å². The van der Waals surface area contributed by atoms with E-state index < -0.39 is 0 Å². The first-order chi connectivity index (χ1) is 12.1. The van der Waals surface area contributed by atoms with Gasteiger partial charge in [-0.2, -0.15) is 5.10 Å². The predicted octanol–water partition coefficient (Wildman–Crippen LogP) is 2.59. The van der Waals surface area contributed by atoms with E-state index in [1.54, 1.807) is 4.68 Å². The number of aromatic nitrogens is 2. The molecule has 3 unspecified atom stereocenters. The standard InChI is InChI=1S/C20H26N4O/c1-13-6-7-16(15-10-22-23(2)11-15)18(8-13)20(25)24-12-14-4-3-5-17(14)19(24)9-21/h6-8,10-11,14,17,19H,3-5,9,12,21H2,1-2H3. The maximum Gasteiger partial charge on any atom is 0.254 e. The first-order valence-corrected chi connectivity index (χ1v) is 9.19. The van der Waals surface area contributed by atoms with Crippen molar-refractivity contribution in [2.24, 2.45) is 24.6 Å². The molecular formula is C20H26N4O. The number of rotatable bonds is 3. The van der Waals surface area contributed by atoms with Gasteiger partial charge in [-0.25, -0.2) is 0 Å². The quantitative estimate of drug-likeness (QED) is 0.935. The Morgan fingerprint density at radius 1 is 1.36 bits per heavy atom. The van der Waals surface area contributed by atoms with E-state index in [0.29, 0.717) is 18.4 Å². The highest BCUT2D eigenvalue weighted by molar-refractivity contribution is 6.01. The van der Waals surface area contributed by atoms with Gasteiger partial charge in [0.1, 0.15) is 0 Å². The molecule has 1 saturated heterocycles. The van der Waals surface area contributed by atoms with Gasteiger partial charge in [0.2, 0.25) is 0 Å². The molecule has 2 fully saturated rings. The molecule has 25 heavy (non-hydrogen) atoms. The molecular weight excluding hydrogens is 312 g/mol. The third-order valence-corrected chi connectivity index (χ3v) is 5.97. The minimum atomic E-state index is 0.118. The minimum absolute atomic E-state index is 0.118. The number of nitrogens with zero attached hydrogens (tertiary/aromatic N) is 3. The van der Waals surface area contributed by atoms with E-state index in [1.165, 1.54) is 19.3 Å². The second kappa shape index (κ2) is 6.30. The Morgan fingerprint density at radius 3 is 2.92 bits per heavy atom. The summed E-state index contributed by atoms with van der Waals surface area (Å²) < 4.78 is 1.77. The lowest BCUT2D eigenvalue weighted by atomic mass is 9.94. The fraction of sp³-hybridized carbons (Fsp3) is 0.500. The molecule has 132 valence electrons. The van der Waals surface area contributed by atoms with E-state index in [9.17, 15) is 4.79 Å². The van der Waals surface area contributed by atoms with Gasteiger partial charge in [0.05, 0.1) is 6.20 Å². The number of benzene rings is 1. The van der Waals surface area contributed by atoms with Crippen LogP contribution in [0.1, 0.15) is 35.2 Å². The van der Waals surface area contributed by atoms with Crippen LogP contribution in [-0.4, -0.2) is 39.7 Å². The number of hydrogen-bond donors (Lipinski definition) is 1. The van der Waals surface area contributed by atoms with Crippen molar-refractivity contribution >= 4 is 5.91 Å². The predicted molar refractivity (Wildman–Crippen MR) is 98.1 cm³/mol. The molecule has 5 heteroatoms. The second-order valence-corrected chi connectivity index (χ2v) is 7.57. The average Bonchev–Trinajstić information content (AvgIpc) is 3.29. The SMILES string of the molecule is Cc1ccc(-c2cnn(C)c2)c(C(=O)N2CC3CCCC3C2CN)c1. The van der Waals surface area contributed by atoms with Crippen molar-refractivity contribution in [2.75, 3.05) is 13.1 Å². The molecule has 2 N–H and O–H groups in total. The monoisotopic (exact) mass is 338 g/mol. The van der Waals surface area contributed by atoms with Crippen molar-refractivity contribution in [3.63, 3.8) is 0 Å². The zero-order chi connectivity index (χ0) is 17.6. The van der Waals surface area contributed by atoms with Crippen LogP contribution in [0, 0.1) is 18.8 Å². The van der Waals surface area contributed by atoms with Gasteiger partial charge in [-0.15, -0.1) is 0 Å². The number of nitrogens with two attached hydrogens (primary N) is 1. The average molecular weight is 338 g/mol. The lowest BCUT2D eigenvalue weighted by Crippen LogP contribution is -2.42. The van der Waals surface area contributed by atoms with E-state index in [-0.39, 0.29) is 11.9 Å². The Bertz CT molecular complexity index is 797. The molecule has 5 nitrogen and oxygen atoms in total. The van der Waals surface area contributed by atoms with Gasteiger partial charge in [0, 0.05) is 43.5 Å². The second-order valence-electron chi connectivity index (χ2n) is 7.57. The largest absolute Gasteiger partial charge is 0.334 e. The van der Waals surface area contributed by atoms with Crippen LogP contribution in [0.15, 0.2) is 30.6 Å². The summed E-state index contributed by atoms with van der Waals surface area (Å²) in [5.74, 6) is 1.33. The first kappa shape index (κ1) is 16.3. The van der Waals surface area contributed by atoms with Gasteiger partial charge in [-0.3, -0.25) is 9.48 Å². The highest BCUT2D eigenvalue weighted by Crippen LogP contribution is 2.42. The van der Waals surface area contributed by atoms with E-state index in [2.05, 4.69) is 11.2 Å². The van der Waals surface area contributed by atoms with Gasteiger partial charge in [-0.1, -0.05) is 24.1 Å². The number of amides is 1. The molecule has 2 aliphatic rings. The molecule has 1 aromatic heterocycles. The fourth-order valence-corrected chi connectivity index (χ4v) is 4.76. The first-order valence-electron chi connectivity index (χ1n) is 9.19. The number of fused-ring (bicyclic) bond motifs is 1. The molecule has 1 aliphatic carbocycles. The molecule has 1 amide bonds. The molecule has 1 aliphatic heterocycles. The number of carbonyl (C=O) groups is 1. The number of aryl methyl sites for hydroxylation is 2. The van der Waals surface area contributed by atoms with Crippen LogP contribution in [0.3, 0.4) is 0 Å². The van der Waals surface area contributed by atoms with E-state index >= 15 is 0 Å². The molecule has 0 radical (unpaired) electrons. The van der Waals surface area contributed by atoms with Crippen LogP contribution < -0.4 is 5.73 Å². The number of hydrogen-bond acceptors (Lipinski definition) is 3. The highest BCUT2D eigenvalue weighted by atomic mass is 16.2. The topological polar surface area (TPSA) is 64.2 Å². The van der Waals surface area contributed by atoms with Gasteiger partial charge in [0.15, 0.2) is 0 Å². The molecule has 3 atom stereocenters. The van der Waals surface area contributed by atoms with E-state index in [0.717, 1.165) is 28.8 Å². The van der Waals surface area contributed by atoms with E-state index in [4.69, 9.17) is 5.73 Å². The molecule has 2 aromatic rings. The maximum absolute atomic E-state index is 13.4. The molecule has 2 heterocycles. The summed E-state index contributed by atoms with van der Waals surface area (Å²) in [6.07, 6.45) is 7.49. The Kier molecular flexibility index (Phi) is 4.12. The van der Waals surface area contributed by atoms with Gasteiger partial charge >= 0.3 is 0 Å². The van der Waals surface area contributed by atoms with E-state index in [1.807, 2.05) is 43.4 Å². The molecule has 1 aromatic carbocycles. The van der Waals surface area contributed by atoms with Crippen LogP contribution in [-0.2, 0) is 7.05 Å². The third-order valence-electron chi connectivity index (χ3n) is 5.97. The van der Waals surface area contributed by atoms with Crippen LogP contribution in [0.25, 0.3) is 11.1 Å². The fourth-order valence-electron chi connectivity index (χ4n) is 4.76. The lowest BCUT2D eigenvalue weighted by Gasteiger charge is -2.27. The van der Waals surface area contributed by atoms with Crippen LogP contribution in [0.4, 0.5) is 0 Å². The minimum Gasteiger partial charge on any atom is -0.334 e. The third kappa shape index (κ3) is 2.76. The summed E-state index contributed by atoms with van der Waals surface area (Å²) in [4.78, 5) is 15.5. The van der Waals surface area contributed by atoms with Crippen molar-refractivity contribution in [3.8, 4) is 11.1 Å². The van der Waals surface area contributed by atoms with Gasteiger partial charge in [-0.05, 0) is 43.2 Å². The van der Waals surface area contributed by atoms with Crippen molar-refractivity contribution in [1.82, 2.24) is 14.7 Å². The van der Waals surface area contributed by atoms with Crippen LogP contribution in [0.5, 0.6) is 0 Å². The molecule has 1 saturated carbocycles. The zero-order valence-corrected chi connectivity index (χ0v) is 15.0. The maximum atomic E-state index is 13.4. The summed E-state index contributed by atoms with van der Waals surface area (Å²) in [5, 5.41) is 4.26. The Hall–Kier alpha value is -2.14. The Labute approximate surface area is 148 Å². The number of carbonyl (C=O) groups excluding carboxylic acids is 1. The summed E-state index contributed by atoms with van der Waals surface area (Å²) in [6, 6.07) is 6.28. The highest BCUT2D eigenvalue weighted by Gasteiger charge is 2.45.